The number of ether oxygens (including phenoxy) is 1. The molecule has 1 fully saturated rings. The van der Waals surface area contributed by atoms with Gasteiger partial charge in [-0.1, -0.05) is 24.3 Å². The van der Waals surface area contributed by atoms with E-state index in [1.165, 1.54) is 16.8 Å². The Morgan fingerprint density at radius 1 is 1.25 bits per heavy atom. The molecular formula is C21H30BrN5O. The minimum absolute atomic E-state index is 0.758. The predicted octanol–water partition coefficient (Wildman–Crippen LogP) is 2.83. The zero-order chi connectivity index (χ0) is 19.9. The number of morpholine rings is 1. The van der Waals surface area contributed by atoms with Crippen LogP contribution in [0.2, 0.25) is 0 Å². The van der Waals surface area contributed by atoms with E-state index in [4.69, 9.17) is 4.74 Å². The highest BCUT2D eigenvalue weighted by atomic mass is 79.9. The van der Waals surface area contributed by atoms with Gasteiger partial charge in [-0.3, -0.25) is 9.89 Å². The minimum Gasteiger partial charge on any atom is -0.379 e. The molecule has 0 atom stereocenters. The van der Waals surface area contributed by atoms with Crippen LogP contribution in [-0.2, 0) is 31.4 Å². The number of benzene rings is 1. The Morgan fingerprint density at radius 3 is 2.61 bits per heavy atom. The fourth-order valence-corrected chi connectivity index (χ4v) is 4.06. The van der Waals surface area contributed by atoms with E-state index in [9.17, 15) is 0 Å². The molecule has 3 rings (SSSR count). The van der Waals surface area contributed by atoms with Gasteiger partial charge in [0, 0.05) is 63.7 Å². The maximum Gasteiger partial charge on any atom is 0.194 e. The van der Waals surface area contributed by atoms with Crippen molar-refractivity contribution in [1.29, 1.82) is 0 Å². The van der Waals surface area contributed by atoms with Crippen LogP contribution in [0.4, 0.5) is 0 Å². The Hall–Kier alpha value is -1.83. The van der Waals surface area contributed by atoms with Gasteiger partial charge in [0.15, 0.2) is 5.96 Å². The molecule has 152 valence electrons. The maximum atomic E-state index is 5.47. The SMILES string of the molecule is CN=C(NCc1ccccc1CN1CCOCC1)N(C)Cc1cc(Br)cn1C. The fourth-order valence-electron chi connectivity index (χ4n) is 3.48. The summed E-state index contributed by atoms with van der Waals surface area (Å²) in [6.07, 6.45) is 2.07. The van der Waals surface area contributed by atoms with Crippen LogP contribution in [0.1, 0.15) is 16.8 Å². The lowest BCUT2D eigenvalue weighted by molar-refractivity contribution is 0.0341. The molecule has 1 saturated heterocycles. The minimum atomic E-state index is 0.758. The molecule has 0 aliphatic carbocycles. The van der Waals surface area contributed by atoms with Gasteiger partial charge in [-0.2, -0.15) is 0 Å². The van der Waals surface area contributed by atoms with Gasteiger partial charge in [-0.15, -0.1) is 0 Å². The molecule has 6 nitrogen and oxygen atoms in total. The third-order valence-corrected chi connectivity index (χ3v) is 5.53. The van der Waals surface area contributed by atoms with Crippen LogP contribution in [-0.4, -0.2) is 60.7 Å². The van der Waals surface area contributed by atoms with Gasteiger partial charge in [0.25, 0.3) is 0 Å². The maximum absolute atomic E-state index is 5.47. The quantitative estimate of drug-likeness (QED) is 0.546. The van der Waals surface area contributed by atoms with Crippen LogP contribution in [0.3, 0.4) is 0 Å². The monoisotopic (exact) mass is 447 g/mol. The van der Waals surface area contributed by atoms with E-state index in [1.807, 2.05) is 7.05 Å². The van der Waals surface area contributed by atoms with Crippen molar-refractivity contribution in [2.24, 2.45) is 12.0 Å². The van der Waals surface area contributed by atoms with E-state index >= 15 is 0 Å². The molecule has 2 aromatic rings. The molecule has 28 heavy (non-hydrogen) atoms. The van der Waals surface area contributed by atoms with Crippen molar-refractivity contribution in [3.63, 3.8) is 0 Å². The standard InChI is InChI=1S/C21H30BrN5O/c1-23-21(26(3)16-20-12-19(22)15-25(20)2)24-13-17-6-4-5-7-18(17)14-27-8-10-28-11-9-27/h4-7,12,15H,8-11,13-14,16H2,1-3H3,(H,23,24). The summed E-state index contributed by atoms with van der Waals surface area (Å²) in [5.41, 5.74) is 3.90. The summed E-state index contributed by atoms with van der Waals surface area (Å²) in [6.45, 7) is 6.16. The van der Waals surface area contributed by atoms with Crippen molar-refractivity contribution in [3.8, 4) is 0 Å². The molecule has 7 heteroatoms. The highest BCUT2D eigenvalue weighted by Crippen LogP contribution is 2.16. The largest absolute Gasteiger partial charge is 0.379 e. The van der Waals surface area contributed by atoms with Crippen molar-refractivity contribution in [3.05, 3.63) is 57.8 Å². The van der Waals surface area contributed by atoms with E-state index in [0.717, 1.165) is 56.4 Å². The average Bonchev–Trinajstić information content (AvgIpc) is 3.01. The molecule has 0 amide bonds. The van der Waals surface area contributed by atoms with Crippen molar-refractivity contribution < 1.29 is 4.74 Å². The Morgan fingerprint density at radius 2 is 1.96 bits per heavy atom. The van der Waals surface area contributed by atoms with Gasteiger partial charge in [0.1, 0.15) is 0 Å². The van der Waals surface area contributed by atoms with E-state index < -0.39 is 0 Å². The van der Waals surface area contributed by atoms with Crippen molar-refractivity contribution in [2.45, 2.75) is 19.6 Å². The second-order valence-electron chi connectivity index (χ2n) is 7.17. The fraction of sp³-hybridized carbons (Fsp3) is 0.476. The number of guanidine groups is 1. The Balaban J connectivity index is 1.61. The van der Waals surface area contributed by atoms with E-state index in [2.05, 4.69) is 91.2 Å². The highest BCUT2D eigenvalue weighted by molar-refractivity contribution is 9.10. The number of nitrogens with one attached hydrogen (secondary N) is 1. The molecule has 1 N–H and O–H groups in total. The predicted molar refractivity (Wildman–Crippen MR) is 117 cm³/mol. The molecular weight excluding hydrogens is 418 g/mol. The van der Waals surface area contributed by atoms with Crippen molar-refractivity contribution in [2.75, 3.05) is 40.4 Å². The van der Waals surface area contributed by atoms with Gasteiger partial charge >= 0.3 is 0 Å². The Bertz CT molecular complexity index is 798. The van der Waals surface area contributed by atoms with E-state index in [1.54, 1.807) is 0 Å². The number of hydrogen-bond acceptors (Lipinski definition) is 3. The molecule has 1 aromatic carbocycles. The van der Waals surface area contributed by atoms with Crippen molar-refractivity contribution >= 4 is 21.9 Å². The first-order chi connectivity index (χ1) is 13.6. The zero-order valence-electron chi connectivity index (χ0n) is 17.0. The molecule has 2 heterocycles. The first-order valence-electron chi connectivity index (χ1n) is 9.66. The Kier molecular flexibility index (Phi) is 7.53. The molecule has 1 aliphatic rings. The lowest BCUT2D eigenvalue weighted by Gasteiger charge is -2.28. The smallest absolute Gasteiger partial charge is 0.194 e. The second kappa shape index (κ2) is 10.1. The van der Waals surface area contributed by atoms with Gasteiger partial charge in [-0.25, -0.2) is 0 Å². The summed E-state index contributed by atoms with van der Waals surface area (Å²) in [5.74, 6) is 0.887. The topological polar surface area (TPSA) is 45.0 Å². The summed E-state index contributed by atoms with van der Waals surface area (Å²) in [5, 5.41) is 3.52. The first kappa shape index (κ1) is 20.9. The van der Waals surface area contributed by atoms with Crippen LogP contribution in [0.25, 0.3) is 0 Å². The van der Waals surface area contributed by atoms with E-state index in [-0.39, 0.29) is 0 Å². The summed E-state index contributed by atoms with van der Waals surface area (Å²) >= 11 is 3.54. The molecule has 0 bridgehead atoms. The number of aliphatic imine (C=N–C) groups is 1. The lowest BCUT2D eigenvalue weighted by Crippen LogP contribution is -2.39. The average molecular weight is 448 g/mol. The number of hydrogen-bond donors (Lipinski definition) is 1. The van der Waals surface area contributed by atoms with Gasteiger partial charge in [-0.05, 0) is 33.1 Å². The summed E-state index contributed by atoms with van der Waals surface area (Å²) in [4.78, 5) is 9.06. The number of halogens is 1. The van der Waals surface area contributed by atoms with Crippen LogP contribution in [0.15, 0.2) is 46.0 Å². The lowest BCUT2D eigenvalue weighted by atomic mass is 10.1. The van der Waals surface area contributed by atoms with Crippen LogP contribution in [0.5, 0.6) is 0 Å². The molecule has 0 radical (unpaired) electrons. The van der Waals surface area contributed by atoms with E-state index in [0.29, 0.717) is 0 Å². The summed E-state index contributed by atoms with van der Waals surface area (Å²) < 4.78 is 8.69. The van der Waals surface area contributed by atoms with Crippen molar-refractivity contribution in [1.82, 2.24) is 19.7 Å². The zero-order valence-corrected chi connectivity index (χ0v) is 18.6. The Labute approximate surface area is 176 Å². The van der Waals surface area contributed by atoms with Gasteiger partial charge < -0.3 is 19.5 Å². The molecule has 1 aliphatic heterocycles. The molecule has 0 saturated carbocycles. The third kappa shape index (κ3) is 5.59. The number of aromatic nitrogens is 1. The number of rotatable bonds is 6. The summed E-state index contributed by atoms with van der Waals surface area (Å²) in [6, 6.07) is 10.8. The number of nitrogens with zero attached hydrogens (tertiary/aromatic N) is 4. The second-order valence-corrected chi connectivity index (χ2v) is 8.09. The van der Waals surface area contributed by atoms with Crippen LogP contribution >= 0.6 is 15.9 Å². The third-order valence-electron chi connectivity index (χ3n) is 5.10. The molecule has 0 unspecified atom stereocenters. The highest BCUT2D eigenvalue weighted by Gasteiger charge is 2.14. The van der Waals surface area contributed by atoms with Gasteiger partial charge in [0.05, 0.1) is 19.8 Å². The first-order valence-corrected chi connectivity index (χ1v) is 10.5. The van der Waals surface area contributed by atoms with Crippen LogP contribution < -0.4 is 5.32 Å². The number of aryl methyl sites for hydroxylation is 1. The molecule has 1 aromatic heterocycles. The normalized spacial score (nSPS) is 15.6. The van der Waals surface area contributed by atoms with Gasteiger partial charge in [0.2, 0.25) is 0 Å². The van der Waals surface area contributed by atoms with Crippen LogP contribution in [0, 0.1) is 0 Å². The summed E-state index contributed by atoms with van der Waals surface area (Å²) in [7, 11) is 5.96. The molecule has 0 spiro atoms.